The largest absolute Gasteiger partial charge is 0.573 e. The van der Waals surface area contributed by atoms with Gasteiger partial charge in [-0.15, -0.1) is 13.2 Å². The van der Waals surface area contributed by atoms with E-state index in [-0.39, 0.29) is 24.2 Å². The third kappa shape index (κ3) is 5.21. The number of hydrogen-bond acceptors (Lipinski definition) is 6. The molecule has 0 amide bonds. The van der Waals surface area contributed by atoms with Crippen LogP contribution in [0.4, 0.5) is 18.9 Å². The molecule has 1 N–H and O–H groups in total. The number of anilines is 1. The van der Waals surface area contributed by atoms with Crippen molar-refractivity contribution in [2.75, 3.05) is 25.0 Å². The van der Waals surface area contributed by atoms with Gasteiger partial charge in [-0.2, -0.15) is 0 Å². The Balaban J connectivity index is 1.50. The van der Waals surface area contributed by atoms with Gasteiger partial charge in [0.1, 0.15) is 5.75 Å². The molecule has 1 spiro atoms. The van der Waals surface area contributed by atoms with Gasteiger partial charge in [0.2, 0.25) is 0 Å². The van der Waals surface area contributed by atoms with Gasteiger partial charge in [0.05, 0.1) is 23.6 Å². The summed E-state index contributed by atoms with van der Waals surface area (Å²) < 4.78 is 47.2. The lowest BCUT2D eigenvalue weighted by atomic mass is 9.67. The summed E-state index contributed by atoms with van der Waals surface area (Å²) in [7, 11) is 0. The van der Waals surface area contributed by atoms with E-state index in [4.69, 9.17) is 16.3 Å². The zero-order valence-corrected chi connectivity index (χ0v) is 22.0. The number of hydrogen-bond donors (Lipinski definition) is 1. The second-order valence-corrected chi connectivity index (χ2v) is 10.2. The van der Waals surface area contributed by atoms with Crippen molar-refractivity contribution in [3.05, 3.63) is 94.0 Å². The van der Waals surface area contributed by atoms with Crippen LogP contribution in [0.2, 0.25) is 5.02 Å². The van der Waals surface area contributed by atoms with Crippen LogP contribution in [0.1, 0.15) is 57.7 Å². The molecule has 10 heteroatoms. The van der Waals surface area contributed by atoms with Crippen molar-refractivity contribution >= 4 is 29.0 Å². The minimum Gasteiger partial charge on any atom is -0.462 e. The minimum absolute atomic E-state index is 0.0447. The van der Waals surface area contributed by atoms with Crippen molar-refractivity contribution in [3.8, 4) is 5.75 Å². The normalized spacial score (nSPS) is 19.0. The second-order valence-electron chi connectivity index (χ2n) is 9.78. The van der Waals surface area contributed by atoms with E-state index in [0.717, 1.165) is 5.56 Å². The Hall–Kier alpha value is -3.56. The van der Waals surface area contributed by atoms with Crippen LogP contribution in [0.3, 0.4) is 0 Å². The Labute approximate surface area is 228 Å². The highest BCUT2D eigenvalue weighted by Gasteiger charge is 2.56. The van der Waals surface area contributed by atoms with Gasteiger partial charge >= 0.3 is 12.3 Å². The van der Waals surface area contributed by atoms with Crippen LogP contribution in [0, 0.1) is 0 Å². The maximum absolute atomic E-state index is 13.9. The van der Waals surface area contributed by atoms with E-state index in [0.29, 0.717) is 40.5 Å². The van der Waals surface area contributed by atoms with Crippen LogP contribution in [-0.2, 0) is 4.74 Å². The van der Waals surface area contributed by atoms with Crippen molar-refractivity contribution in [2.45, 2.75) is 37.7 Å². The summed E-state index contributed by atoms with van der Waals surface area (Å²) in [6, 6.07) is 17.7. The number of fused-ring (bicyclic) bond motifs is 1. The molecule has 204 valence electrons. The summed E-state index contributed by atoms with van der Waals surface area (Å²) >= 11 is 6.44. The number of nitrogens with zero attached hydrogens (tertiary/aromatic N) is 1. The number of nitrogens with one attached hydrogen (secondary N) is 1. The van der Waals surface area contributed by atoms with E-state index < -0.39 is 23.8 Å². The molecule has 5 rings (SSSR count). The average molecular weight is 559 g/mol. The molecule has 0 saturated carbocycles. The van der Waals surface area contributed by atoms with Gasteiger partial charge < -0.3 is 14.8 Å². The summed E-state index contributed by atoms with van der Waals surface area (Å²) in [5.74, 6) is -1.73. The van der Waals surface area contributed by atoms with Crippen LogP contribution < -0.4 is 10.1 Å². The predicted molar refractivity (Wildman–Crippen MR) is 140 cm³/mol. The molecule has 0 aliphatic carbocycles. The maximum Gasteiger partial charge on any atom is 0.573 e. The van der Waals surface area contributed by atoms with E-state index in [2.05, 4.69) is 15.0 Å². The first kappa shape index (κ1) is 27.0. The molecule has 2 aliphatic rings. The smallest absolute Gasteiger partial charge is 0.462 e. The molecule has 3 aromatic rings. The maximum atomic E-state index is 13.9. The molecule has 39 heavy (non-hydrogen) atoms. The van der Waals surface area contributed by atoms with Crippen molar-refractivity contribution in [3.63, 3.8) is 0 Å². The summed E-state index contributed by atoms with van der Waals surface area (Å²) in [5.41, 5.74) is 1.98. The standard InChI is InChI=1S/C29H26ClF3N2O4/c1-3-38-27(37)19-10-13-22-24(14-19)34-28(15-35(16-28)17(2)21-6-4-5-7-23(21)30)25(26(22)36)18-8-11-20(12-9-18)39-29(31,32)33/h4-14,17,25,34H,3,15-16H2,1-2H3. The topological polar surface area (TPSA) is 67.9 Å². The molecule has 0 aromatic heterocycles. The average Bonchev–Trinajstić information content (AvgIpc) is 2.86. The SMILES string of the molecule is CCOC(=O)c1ccc2c(c1)NC1(CN(C(C)c3ccccc3Cl)C1)C(c1ccc(OC(F)(F)F)cc1)C2=O. The number of rotatable bonds is 6. The summed E-state index contributed by atoms with van der Waals surface area (Å²) in [5, 5.41) is 4.15. The van der Waals surface area contributed by atoms with Crippen molar-refractivity contribution in [1.82, 2.24) is 4.90 Å². The number of benzene rings is 3. The summed E-state index contributed by atoms with van der Waals surface area (Å²) in [6.07, 6.45) is -4.82. The van der Waals surface area contributed by atoms with Gasteiger partial charge in [-0.05, 0) is 61.4 Å². The fourth-order valence-corrected chi connectivity index (χ4v) is 5.80. The molecule has 0 radical (unpaired) electrons. The zero-order valence-electron chi connectivity index (χ0n) is 21.2. The van der Waals surface area contributed by atoms with Gasteiger partial charge in [0, 0.05) is 35.4 Å². The van der Waals surface area contributed by atoms with Crippen LogP contribution in [0.15, 0.2) is 66.7 Å². The van der Waals surface area contributed by atoms with Crippen molar-refractivity contribution in [1.29, 1.82) is 0 Å². The van der Waals surface area contributed by atoms with E-state index in [9.17, 15) is 22.8 Å². The number of ketones is 1. The van der Waals surface area contributed by atoms with E-state index >= 15 is 0 Å². The molecule has 0 bridgehead atoms. The van der Waals surface area contributed by atoms with Crippen LogP contribution in [0.5, 0.6) is 5.75 Å². The molecule has 2 aliphatic heterocycles. The summed E-state index contributed by atoms with van der Waals surface area (Å²) in [4.78, 5) is 28.5. The first-order chi connectivity index (χ1) is 18.5. The van der Waals surface area contributed by atoms with Gasteiger partial charge in [-0.25, -0.2) is 4.79 Å². The number of carbonyl (C=O) groups is 2. The third-order valence-corrected chi connectivity index (χ3v) is 7.66. The molecule has 1 fully saturated rings. The molecule has 1 saturated heterocycles. The monoisotopic (exact) mass is 558 g/mol. The number of carbonyl (C=O) groups excluding carboxylic acids is 2. The number of alkyl halides is 3. The lowest BCUT2D eigenvalue weighted by Crippen LogP contribution is -2.71. The molecule has 2 atom stereocenters. The zero-order chi connectivity index (χ0) is 27.9. The quantitative estimate of drug-likeness (QED) is 0.343. The van der Waals surface area contributed by atoms with E-state index in [1.54, 1.807) is 19.1 Å². The van der Waals surface area contributed by atoms with Crippen molar-refractivity contribution in [2.24, 2.45) is 0 Å². The number of esters is 1. The third-order valence-electron chi connectivity index (χ3n) is 7.32. The highest BCUT2D eigenvalue weighted by atomic mass is 35.5. The van der Waals surface area contributed by atoms with Gasteiger partial charge in [0.25, 0.3) is 0 Å². The highest BCUT2D eigenvalue weighted by molar-refractivity contribution is 6.31. The molecule has 3 aromatic carbocycles. The Morgan fingerprint density at radius 3 is 2.46 bits per heavy atom. The Bertz CT molecular complexity index is 1400. The fraction of sp³-hybridized carbons (Fsp3) is 0.310. The second kappa shape index (κ2) is 10.2. The molecule has 2 unspecified atom stereocenters. The van der Waals surface area contributed by atoms with Crippen molar-refractivity contribution < 1.29 is 32.2 Å². The minimum atomic E-state index is -4.82. The number of Topliss-reactive ketones (excluding diaryl/α,β-unsaturated/α-hetero) is 1. The summed E-state index contributed by atoms with van der Waals surface area (Å²) in [6.45, 7) is 4.88. The first-order valence-corrected chi connectivity index (χ1v) is 12.9. The van der Waals surface area contributed by atoms with Crippen LogP contribution in [-0.4, -0.2) is 48.3 Å². The van der Waals surface area contributed by atoms with Crippen LogP contribution >= 0.6 is 11.6 Å². The Morgan fingerprint density at radius 2 is 1.82 bits per heavy atom. The number of likely N-dealkylation sites (tertiary alicyclic amines) is 1. The first-order valence-electron chi connectivity index (χ1n) is 12.5. The molecular weight excluding hydrogens is 533 g/mol. The predicted octanol–water partition coefficient (Wildman–Crippen LogP) is 6.62. The van der Waals surface area contributed by atoms with Gasteiger partial charge in [0.15, 0.2) is 5.78 Å². The van der Waals surface area contributed by atoms with Gasteiger partial charge in [-0.3, -0.25) is 9.69 Å². The van der Waals surface area contributed by atoms with E-state index in [1.165, 1.54) is 30.3 Å². The lowest BCUT2D eigenvalue weighted by Gasteiger charge is -2.58. The van der Waals surface area contributed by atoms with E-state index in [1.807, 2.05) is 31.2 Å². The lowest BCUT2D eigenvalue weighted by molar-refractivity contribution is -0.274. The number of ether oxygens (including phenoxy) is 2. The molecule has 6 nitrogen and oxygen atoms in total. The highest BCUT2D eigenvalue weighted by Crippen LogP contribution is 2.48. The molecular formula is C29H26ClF3N2O4. The molecule has 2 heterocycles. The fourth-order valence-electron chi connectivity index (χ4n) is 5.51. The van der Waals surface area contributed by atoms with Crippen LogP contribution in [0.25, 0.3) is 0 Å². The Morgan fingerprint density at radius 1 is 1.13 bits per heavy atom. The van der Waals surface area contributed by atoms with Gasteiger partial charge in [-0.1, -0.05) is 41.9 Å². The Kier molecular flexibility index (Phi) is 7.07. The number of halogens is 4.